The Morgan fingerprint density at radius 3 is 0.537 bits per heavy atom. The molecule has 0 spiro atoms. The molecule has 6 rings (SSSR count). The van der Waals surface area contributed by atoms with Crippen LogP contribution in [0.2, 0.25) is 0 Å². The average Bonchev–Trinajstić information content (AvgIpc) is 3.29. The summed E-state index contributed by atoms with van der Waals surface area (Å²) >= 11 is 0. The van der Waals surface area contributed by atoms with Crippen LogP contribution in [0.15, 0.2) is 97.6 Å². The normalized spacial score (nSPS) is 8.25. The first-order valence-electron chi connectivity index (χ1n) is 18.4. The maximum Gasteiger partial charge on any atom is 3.00 e. The first kappa shape index (κ1) is 92.8. The summed E-state index contributed by atoms with van der Waals surface area (Å²) in [4.78, 5) is 104. The van der Waals surface area contributed by atoms with E-state index in [2.05, 4.69) is 39.7 Å². The number of pyridine rings is 6. The number of aromatic nitrogens is 6. The van der Waals surface area contributed by atoms with Gasteiger partial charge in [-0.1, -0.05) is 0 Å². The van der Waals surface area contributed by atoms with Crippen LogP contribution in [0.3, 0.4) is 0 Å². The molecule has 0 saturated heterocycles. The Morgan fingerprint density at radius 2 is 0.450 bits per heavy atom. The minimum absolute atomic E-state index is 0. The number of aromatic hydroxyl groups is 4. The van der Waals surface area contributed by atoms with E-state index in [0.717, 1.165) is 48.5 Å². The Kier molecular flexibility index (Phi) is 52.6. The van der Waals surface area contributed by atoms with E-state index >= 15 is 0 Å². The second-order valence-electron chi connectivity index (χ2n) is 13.0. The van der Waals surface area contributed by atoms with Gasteiger partial charge in [-0.15, -0.1) is 0 Å². The van der Waals surface area contributed by atoms with E-state index in [1.807, 2.05) is 77.2 Å². The third kappa shape index (κ3) is 34.7. The molecule has 0 fully saturated rings. The van der Waals surface area contributed by atoms with Crippen molar-refractivity contribution < 1.29 is 188 Å². The van der Waals surface area contributed by atoms with Crippen LogP contribution in [-0.4, -0.2) is 160 Å². The van der Waals surface area contributed by atoms with Crippen LogP contribution in [-0.2, 0) is 34.7 Å². The van der Waals surface area contributed by atoms with Crippen molar-refractivity contribution in [3.05, 3.63) is 143 Å². The number of hydrogen-bond acceptors (Lipinski definition) is 26. The Labute approximate surface area is 469 Å². The quantitative estimate of drug-likeness (QED) is 0.0989. The molecule has 38 heteroatoms. The maximum atomic E-state index is 10.2. The monoisotopic (exact) mass is 1220 g/mol. The van der Waals surface area contributed by atoms with Crippen molar-refractivity contribution in [2.45, 2.75) is 0 Å². The Hall–Kier alpha value is -9.80. The molecule has 0 aliphatic rings. The molecule has 80 heavy (non-hydrogen) atoms. The molecule has 22 N–H and O–H groups in total. The van der Waals surface area contributed by atoms with Crippen LogP contribution in [0.25, 0.3) is 0 Å². The molecule has 0 saturated carbocycles. The summed E-state index contributed by atoms with van der Waals surface area (Å²) in [5, 5.41) is 117. The largest absolute Gasteiger partial charge is 3.00 e. The number of carbonyl (C=O) groups is 8. The molecule has 0 amide bonds. The van der Waals surface area contributed by atoms with E-state index < -0.39 is 116 Å². The standard InChI is InChI=1S/2C7H10N2.4C7H5NO5.2Cr.8H2O/c2*1-9(2)7-3-5-8-6-4-7;4*9-3-1-4(6(10)11)8-5(2-3)7(12)13;;;;;;;;;;/h2*3-6H,1-2H3;4*1-2H,(H,8,9)(H,10,11)(H,12,13);;;8*1H2/q;;;;;;2*+3;;;;;;;;/p-6. The summed E-state index contributed by atoms with van der Waals surface area (Å²) in [6.45, 7) is 0. The predicted molar refractivity (Wildman–Crippen MR) is 242 cm³/mol. The molecule has 438 valence electrons. The number of aromatic carboxylic acids is 8. The van der Waals surface area contributed by atoms with Crippen molar-refractivity contribution in [2.75, 3.05) is 38.0 Å². The predicted octanol–water partition coefficient (Wildman–Crippen LogP) is -15.4. The van der Waals surface area contributed by atoms with Gasteiger partial charge in [-0.25, -0.2) is 29.9 Å². The number of carboxylic acid groups (broad SMARTS) is 8. The van der Waals surface area contributed by atoms with E-state index in [-0.39, 0.29) is 78.5 Å². The van der Waals surface area contributed by atoms with E-state index in [1.54, 1.807) is 0 Å². The number of rotatable bonds is 10. The van der Waals surface area contributed by atoms with Gasteiger partial charge in [-0.3, -0.25) is 0 Å². The molecule has 36 nitrogen and oxygen atoms in total. The van der Waals surface area contributed by atoms with Gasteiger partial charge in [0.25, 0.3) is 0 Å². The van der Waals surface area contributed by atoms with E-state index in [0.29, 0.717) is 0 Å². The molecule has 6 heterocycles. The topological polar surface area (TPSA) is 740 Å². The van der Waals surface area contributed by atoms with E-state index in [1.165, 1.54) is 11.4 Å². The molecule has 0 atom stereocenters. The Morgan fingerprint density at radius 1 is 0.325 bits per heavy atom. The summed E-state index contributed by atoms with van der Waals surface area (Å²) in [5.74, 6) is -15.4. The number of hydrogen-bond donors (Lipinski definition) is 4. The molecule has 0 aromatic carbocycles. The van der Waals surface area contributed by atoms with Gasteiger partial charge >= 0.3 is 34.7 Å². The molecule has 0 unspecified atom stereocenters. The number of anilines is 2. The first-order chi connectivity index (χ1) is 32.6. The van der Waals surface area contributed by atoms with Gasteiger partial charge in [0.15, 0.2) is 24.8 Å². The van der Waals surface area contributed by atoms with Crippen molar-refractivity contribution >= 4 is 59.1 Å². The van der Waals surface area contributed by atoms with Gasteiger partial charge in [0.2, 0.25) is 0 Å². The molecule has 0 aliphatic carbocycles. The van der Waals surface area contributed by atoms with Crippen LogP contribution in [0.5, 0.6) is 23.0 Å². The van der Waals surface area contributed by atoms with E-state index in [4.69, 9.17) is 20.4 Å². The van der Waals surface area contributed by atoms with Crippen LogP contribution < -0.4 is 60.6 Å². The van der Waals surface area contributed by atoms with Gasteiger partial charge < -0.3 is 153 Å². The number of H-pyrrole nitrogens is 2. The van der Waals surface area contributed by atoms with Crippen LogP contribution in [0.4, 0.5) is 11.4 Å². The number of carboxylic acids is 8. The van der Waals surface area contributed by atoms with Gasteiger partial charge in [0.1, 0.15) is 23.0 Å². The molecule has 6 aromatic rings. The van der Waals surface area contributed by atoms with E-state index in [9.17, 15) is 79.2 Å². The molecule has 6 aromatic heterocycles. The molecule has 2 radical (unpaired) electrons. The second-order valence-corrected chi connectivity index (χ2v) is 13.0. The number of carbonyl (C=O) groups excluding carboxylic acids is 8. The van der Waals surface area contributed by atoms with Crippen molar-refractivity contribution in [1.82, 2.24) is 19.9 Å². The van der Waals surface area contributed by atoms with Gasteiger partial charge in [0.05, 0.1) is 93.3 Å². The van der Waals surface area contributed by atoms with Crippen LogP contribution in [0, 0.1) is 0 Å². The molecular formula is C42H50Cr2N8O28. The minimum atomic E-state index is -1.67. The van der Waals surface area contributed by atoms with Gasteiger partial charge in [0, 0.05) is 112 Å². The first-order valence-corrected chi connectivity index (χ1v) is 18.4. The summed E-state index contributed by atoms with van der Waals surface area (Å²) < 4.78 is 0. The smallest absolute Gasteiger partial charge is 0.543 e. The van der Waals surface area contributed by atoms with Crippen molar-refractivity contribution in [1.29, 1.82) is 0 Å². The zero-order chi connectivity index (χ0) is 53.4. The minimum Gasteiger partial charge on any atom is -0.543 e. The Balaban J connectivity index is -0.0000000901. The zero-order valence-electron chi connectivity index (χ0n) is 41.1. The Bertz CT molecular complexity index is 2370. The summed E-state index contributed by atoms with van der Waals surface area (Å²) in [6, 6.07) is 14.3. The summed E-state index contributed by atoms with van der Waals surface area (Å²) in [7, 11) is 8.09. The fourth-order valence-corrected chi connectivity index (χ4v) is 4.25. The SMILES string of the molecule is CN(C)c1cc[nH+]cc1.CN(C)c1cc[nH+]cc1.O.O.O.O.O.O.O.O.O=C([O-])c1cc(O)cc(C(=O)[O-])n1.O=C([O-])c1cc(O)cc(C(=O)[O-])n1.O=C([O-])c1cc(O)cc(C(=O)[O-])n1.O=C([O-])c1cc(O)cc(C(=O)[O-])n1.[Cr+3].[Cr+3]. The van der Waals surface area contributed by atoms with Crippen molar-refractivity contribution in [3.8, 4) is 23.0 Å². The maximum absolute atomic E-state index is 10.2. The van der Waals surface area contributed by atoms with Gasteiger partial charge in [-0.2, -0.15) is 0 Å². The van der Waals surface area contributed by atoms with Crippen molar-refractivity contribution in [3.63, 3.8) is 0 Å². The van der Waals surface area contributed by atoms with Crippen LogP contribution >= 0.6 is 0 Å². The van der Waals surface area contributed by atoms with Gasteiger partial charge in [-0.05, 0) is 0 Å². The third-order valence-electron chi connectivity index (χ3n) is 7.35. The fourth-order valence-electron chi connectivity index (χ4n) is 4.25. The number of aromatic amines is 2. The second kappa shape index (κ2) is 45.4. The van der Waals surface area contributed by atoms with Crippen molar-refractivity contribution in [2.24, 2.45) is 0 Å². The number of nitrogens with one attached hydrogen (secondary N) is 2. The zero-order valence-corrected chi connectivity index (χ0v) is 43.6. The number of nitrogens with zero attached hydrogens (tertiary/aromatic N) is 6. The van der Waals surface area contributed by atoms with Crippen LogP contribution in [0.1, 0.15) is 83.9 Å². The average molecular weight is 1220 g/mol. The fraction of sp³-hybridized carbons (Fsp3) is 0.0952. The summed E-state index contributed by atoms with van der Waals surface area (Å²) in [5.41, 5.74) is -2.80. The molecule has 0 aliphatic heterocycles. The summed E-state index contributed by atoms with van der Waals surface area (Å²) in [6.07, 6.45) is 7.65. The molecule has 0 bridgehead atoms. The third-order valence-corrected chi connectivity index (χ3v) is 7.35. The molecular weight excluding hydrogens is 1170 g/mol.